The summed E-state index contributed by atoms with van der Waals surface area (Å²) in [5.41, 5.74) is 4.86. The number of allylic oxidation sites excluding steroid dienone is 2. The first-order valence-corrected chi connectivity index (χ1v) is 12.0. The van der Waals surface area contributed by atoms with Crippen LogP contribution in [0, 0.1) is 11.3 Å². The highest BCUT2D eigenvalue weighted by molar-refractivity contribution is 6.09. The molecule has 184 valence electrons. The number of carbonyl (C=O) groups is 2. The molecule has 2 aromatic carbocycles. The Bertz CT molecular complexity index is 1170. The summed E-state index contributed by atoms with van der Waals surface area (Å²) in [6.07, 6.45) is 1.16. The fourth-order valence-corrected chi connectivity index (χ4v) is 5.06. The van der Waals surface area contributed by atoms with Crippen LogP contribution in [0.1, 0.15) is 50.7 Å². The van der Waals surface area contributed by atoms with Gasteiger partial charge in [0.15, 0.2) is 5.78 Å². The van der Waals surface area contributed by atoms with Gasteiger partial charge in [-0.25, -0.2) is 0 Å². The van der Waals surface area contributed by atoms with Gasteiger partial charge in [-0.1, -0.05) is 38.1 Å². The van der Waals surface area contributed by atoms with Crippen LogP contribution in [0.3, 0.4) is 0 Å². The van der Waals surface area contributed by atoms with Crippen LogP contribution in [0.5, 0.6) is 5.75 Å². The van der Waals surface area contributed by atoms with Gasteiger partial charge in [-0.15, -0.1) is 0 Å². The molecule has 0 spiro atoms. The van der Waals surface area contributed by atoms with Crippen molar-refractivity contribution in [3.8, 4) is 5.75 Å². The Labute approximate surface area is 207 Å². The molecule has 1 aliphatic carbocycles. The first-order chi connectivity index (χ1) is 16.6. The van der Waals surface area contributed by atoms with Crippen LogP contribution in [0.4, 0.5) is 5.69 Å². The van der Waals surface area contributed by atoms with E-state index in [1.54, 1.807) is 7.11 Å². The quantitative estimate of drug-likeness (QED) is 0.530. The van der Waals surface area contributed by atoms with Crippen molar-refractivity contribution in [2.75, 3.05) is 26.1 Å². The minimum atomic E-state index is -0.651. The summed E-state index contributed by atoms with van der Waals surface area (Å²) in [4.78, 5) is 33.7. The number of ketones is 1. The standard InChI is InChI=1S/C29H34N2O4/c1-18-25(28(33)35-17-19-7-13-22(34-6)14-8-19)26(20-9-11-21(12-10-20)31(4)5)27-23(30-18)15-29(2,3)16-24(27)32/h7-14,25-26H,15-17H2,1-6H3/t25?,26-/m1/s1. The lowest BCUT2D eigenvalue weighted by Crippen LogP contribution is -2.39. The monoisotopic (exact) mass is 474 g/mol. The average Bonchev–Trinajstić information content (AvgIpc) is 2.81. The van der Waals surface area contributed by atoms with Gasteiger partial charge in [0.1, 0.15) is 18.3 Å². The van der Waals surface area contributed by atoms with Gasteiger partial charge in [0, 0.05) is 49.1 Å². The zero-order chi connectivity index (χ0) is 25.3. The van der Waals surface area contributed by atoms with E-state index >= 15 is 0 Å². The minimum Gasteiger partial charge on any atom is -0.497 e. The highest BCUT2D eigenvalue weighted by atomic mass is 16.5. The summed E-state index contributed by atoms with van der Waals surface area (Å²) in [5.74, 6) is -0.613. The van der Waals surface area contributed by atoms with Gasteiger partial charge < -0.3 is 14.4 Å². The first kappa shape index (κ1) is 24.7. The Hall–Kier alpha value is -3.41. The zero-order valence-corrected chi connectivity index (χ0v) is 21.4. The van der Waals surface area contributed by atoms with Crippen LogP contribution in [-0.4, -0.2) is 38.7 Å². The Balaban J connectivity index is 1.68. The maximum Gasteiger partial charge on any atom is 0.315 e. The molecule has 35 heavy (non-hydrogen) atoms. The van der Waals surface area contributed by atoms with Gasteiger partial charge in [0.2, 0.25) is 0 Å². The molecule has 6 nitrogen and oxygen atoms in total. The second-order valence-electron chi connectivity index (χ2n) is 10.5. The molecule has 0 fully saturated rings. The summed E-state index contributed by atoms with van der Waals surface area (Å²) in [7, 11) is 5.58. The number of hydrogen-bond donors (Lipinski definition) is 0. The fraction of sp³-hybridized carbons (Fsp3) is 0.414. The van der Waals surface area contributed by atoms with E-state index in [9.17, 15) is 9.59 Å². The summed E-state index contributed by atoms with van der Waals surface area (Å²) in [6.45, 7) is 6.20. The molecular weight excluding hydrogens is 440 g/mol. The number of ether oxygens (including phenoxy) is 2. The number of anilines is 1. The maximum absolute atomic E-state index is 13.5. The van der Waals surface area contributed by atoms with Gasteiger partial charge >= 0.3 is 5.97 Å². The molecule has 0 N–H and O–H groups in total. The van der Waals surface area contributed by atoms with Crippen molar-refractivity contribution in [3.63, 3.8) is 0 Å². The SMILES string of the molecule is COc1ccc(COC(=O)C2C(C)=NC3=C(C(=O)CC(C)(C)C3)[C@@H]2c2ccc(N(C)C)cc2)cc1. The summed E-state index contributed by atoms with van der Waals surface area (Å²) in [6, 6.07) is 15.5. The van der Waals surface area contributed by atoms with Crippen molar-refractivity contribution < 1.29 is 19.1 Å². The van der Waals surface area contributed by atoms with Gasteiger partial charge in [0.25, 0.3) is 0 Å². The predicted molar refractivity (Wildman–Crippen MR) is 138 cm³/mol. The molecule has 1 heterocycles. The highest BCUT2D eigenvalue weighted by Crippen LogP contribution is 2.48. The molecular formula is C29H34N2O4. The van der Waals surface area contributed by atoms with Crippen LogP contribution in [0.15, 0.2) is 64.8 Å². The molecule has 6 heteroatoms. The van der Waals surface area contributed by atoms with E-state index in [4.69, 9.17) is 14.5 Å². The van der Waals surface area contributed by atoms with E-state index in [1.807, 2.05) is 74.4 Å². The first-order valence-electron chi connectivity index (χ1n) is 12.0. The van der Waals surface area contributed by atoms with Crippen molar-refractivity contribution in [1.29, 1.82) is 0 Å². The minimum absolute atomic E-state index is 0.0714. The molecule has 0 amide bonds. The number of methoxy groups -OCH3 is 1. The third-order valence-electron chi connectivity index (χ3n) is 6.86. The van der Waals surface area contributed by atoms with E-state index in [2.05, 4.69) is 13.8 Å². The van der Waals surface area contributed by atoms with E-state index < -0.39 is 11.8 Å². The number of carbonyl (C=O) groups excluding carboxylic acids is 2. The van der Waals surface area contributed by atoms with Gasteiger partial charge in [-0.3, -0.25) is 14.6 Å². The Morgan fingerprint density at radius 3 is 2.31 bits per heavy atom. The number of nitrogens with zero attached hydrogens (tertiary/aromatic N) is 2. The molecule has 0 bridgehead atoms. The lowest BCUT2D eigenvalue weighted by atomic mass is 9.67. The van der Waals surface area contributed by atoms with Crippen LogP contribution in [-0.2, 0) is 20.9 Å². The molecule has 0 aromatic heterocycles. The van der Waals surface area contributed by atoms with Gasteiger partial charge in [0.05, 0.1) is 7.11 Å². The lowest BCUT2D eigenvalue weighted by Gasteiger charge is -2.39. The molecule has 2 aromatic rings. The van der Waals surface area contributed by atoms with Crippen molar-refractivity contribution in [2.45, 2.75) is 46.1 Å². The number of esters is 1. The summed E-state index contributed by atoms with van der Waals surface area (Å²) < 4.78 is 11.0. The summed E-state index contributed by atoms with van der Waals surface area (Å²) in [5, 5.41) is 0. The van der Waals surface area contributed by atoms with E-state index in [1.165, 1.54) is 0 Å². The number of aliphatic imine (C=N–C) groups is 1. The molecule has 1 unspecified atom stereocenters. The third-order valence-corrected chi connectivity index (χ3v) is 6.86. The predicted octanol–water partition coefficient (Wildman–Crippen LogP) is 5.32. The van der Waals surface area contributed by atoms with Crippen LogP contribution in [0.25, 0.3) is 0 Å². The van der Waals surface area contributed by atoms with E-state index in [0.29, 0.717) is 24.1 Å². The smallest absolute Gasteiger partial charge is 0.315 e. The second kappa shape index (κ2) is 9.68. The fourth-order valence-electron chi connectivity index (χ4n) is 5.06. The summed E-state index contributed by atoms with van der Waals surface area (Å²) >= 11 is 0. The number of benzene rings is 2. The Morgan fingerprint density at radius 2 is 1.71 bits per heavy atom. The number of Topliss-reactive ketones (excluding diaryl/α,β-unsaturated/α-hetero) is 1. The van der Waals surface area contributed by atoms with Crippen molar-refractivity contribution in [2.24, 2.45) is 16.3 Å². The molecule has 1 aliphatic heterocycles. The van der Waals surface area contributed by atoms with Crippen molar-refractivity contribution in [3.05, 3.63) is 70.9 Å². The average molecular weight is 475 g/mol. The molecule has 0 radical (unpaired) electrons. The second-order valence-corrected chi connectivity index (χ2v) is 10.5. The number of rotatable bonds is 6. The van der Waals surface area contributed by atoms with Crippen LogP contribution >= 0.6 is 0 Å². The van der Waals surface area contributed by atoms with Gasteiger partial charge in [-0.2, -0.15) is 0 Å². The van der Waals surface area contributed by atoms with Crippen molar-refractivity contribution in [1.82, 2.24) is 0 Å². The largest absolute Gasteiger partial charge is 0.497 e. The molecule has 2 atom stereocenters. The third kappa shape index (κ3) is 5.16. The van der Waals surface area contributed by atoms with Crippen LogP contribution in [0.2, 0.25) is 0 Å². The normalized spacial score (nSPS) is 21.2. The van der Waals surface area contributed by atoms with Crippen molar-refractivity contribution >= 4 is 23.2 Å². The number of hydrogen-bond acceptors (Lipinski definition) is 6. The van der Waals surface area contributed by atoms with Crippen LogP contribution < -0.4 is 9.64 Å². The highest BCUT2D eigenvalue weighted by Gasteiger charge is 2.46. The van der Waals surface area contributed by atoms with E-state index in [-0.39, 0.29) is 23.8 Å². The molecule has 0 saturated carbocycles. The Morgan fingerprint density at radius 1 is 1.06 bits per heavy atom. The lowest BCUT2D eigenvalue weighted by molar-refractivity contribution is -0.148. The molecule has 0 saturated heterocycles. The van der Waals surface area contributed by atoms with Gasteiger partial charge in [-0.05, 0) is 54.2 Å². The van der Waals surface area contributed by atoms with E-state index in [0.717, 1.165) is 28.3 Å². The Kier molecular flexibility index (Phi) is 6.84. The zero-order valence-electron chi connectivity index (χ0n) is 21.4. The molecule has 4 rings (SSSR count). The maximum atomic E-state index is 13.5. The molecule has 2 aliphatic rings. The topological polar surface area (TPSA) is 68.2 Å².